The summed E-state index contributed by atoms with van der Waals surface area (Å²) < 4.78 is 0. The first-order valence-electron chi connectivity index (χ1n) is 6.98. The number of amides is 2. The first-order chi connectivity index (χ1) is 10.6. The zero-order valence-corrected chi connectivity index (χ0v) is 12.9. The van der Waals surface area contributed by atoms with Gasteiger partial charge in [0.2, 0.25) is 5.91 Å². The molecule has 0 radical (unpaired) electrons. The Balaban J connectivity index is 1.69. The average molecular weight is 315 g/mol. The highest BCUT2D eigenvalue weighted by atomic mass is 35.5. The van der Waals surface area contributed by atoms with Crippen molar-refractivity contribution in [2.45, 2.75) is 13.5 Å². The zero-order valence-electron chi connectivity index (χ0n) is 12.1. The maximum Gasteiger partial charge on any atom is 0.254 e. The van der Waals surface area contributed by atoms with Crippen molar-refractivity contribution in [3.63, 3.8) is 0 Å². The van der Waals surface area contributed by atoms with Gasteiger partial charge < -0.3 is 10.2 Å². The van der Waals surface area contributed by atoms with Gasteiger partial charge in [-0.25, -0.2) is 0 Å². The predicted octanol–water partition coefficient (Wildman–Crippen LogP) is 3.24. The van der Waals surface area contributed by atoms with E-state index in [1.165, 1.54) is 0 Å². The fraction of sp³-hybridized carbons (Fsp3) is 0.176. The van der Waals surface area contributed by atoms with Crippen LogP contribution >= 0.6 is 11.6 Å². The largest absolute Gasteiger partial charge is 0.325 e. The van der Waals surface area contributed by atoms with E-state index in [1.807, 2.05) is 25.1 Å². The van der Waals surface area contributed by atoms with Crippen molar-refractivity contribution in [3.05, 3.63) is 64.2 Å². The molecule has 4 nitrogen and oxygen atoms in total. The van der Waals surface area contributed by atoms with Gasteiger partial charge in [-0.1, -0.05) is 35.9 Å². The predicted molar refractivity (Wildman–Crippen MR) is 86.0 cm³/mol. The fourth-order valence-electron chi connectivity index (χ4n) is 2.55. The van der Waals surface area contributed by atoms with Crippen LogP contribution in [0.1, 0.15) is 21.5 Å². The Morgan fingerprint density at radius 1 is 1.23 bits per heavy atom. The highest BCUT2D eigenvalue weighted by Crippen LogP contribution is 2.24. The second-order valence-electron chi connectivity index (χ2n) is 5.28. The van der Waals surface area contributed by atoms with Crippen LogP contribution in [0.2, 0.25) is 5.02 Å². The number of halogens is 1. The number of hydrogen-bond donors (Lipinski definition) is 1. The van der Waals surface area contributed by atoms with E-state index in [9.17, 15) is 9.59 Å². The molecule has 112 valence electrons. The fourth-order valence-corrected chi connectivity index (χ4v) is 2.72. The smallest absolute Gasteiger partial charge is 0.254 e. The van der Waals surface area contributed by atoms with Crippen molar-refractivity contribution < 1.29 is 9.59 Å². The summed E-state index contributed by atoms with van der Waals surface area (Å²) in [5, 5.41) is 3.41. The van der Waals surface area contributed by atoms with Gasteiger partial charge >= 0.3 is 0 Å². The SMILES string of the molecule is Cc1c(Cl)cccc1NC(=O)CN1Cc2ccccc2C1=O. The summed E-state index contributed by atoms with van der Waals surface area (Å²) in [6.07, 6.45) is 0. The quantitative estimate of drug-likeness (QED) is 0.945. The van der Waals surface area contributed by atoms with Crippen LogP contribution in [0.25, 0.3) is 0 Å². The molecule has 0 saturated carbocycles. The lowest BCUT2D eigenvalue weighted by Gasteiger charge is -2.16. The molecule has 0 bridgehead atoms. The minimum Gasteiger partial charge on any atom is -0.325 e. The summed E-state index contributed by atoms with van der Waals surface area (Å²) in [5.41, 5.74) is 3.11. The lowest BCUT2D eigenvalue weighted by molar-refractivity contribution is -0.116. The summed E-state index contributed by atoms with van der Waals surface area (Å²) in [7, 11) is 0. The first-order valence-corrected chi connectivity index (χ1v) is 7.36. The Morgan fingerprint density at radius 3 is 2.77 bits per heavy atom. The molecular weight excluding hydrogens is 300 g/mol. The van der Waals surface area contributed by atoms with Crippen molar-refractivity contribution in [2.24, 2.45) is 0 Å². The molecule has 0 aliphatic carbocycles. The molecule has 2 amide bonds. The van der Waals surface area contributed by atoms with Gasteiger partial charge in [0.05, 0.1) is 0 Å². The molecule has 0 saturated heterocycles. The molecule has 0 aromatic heterocycles. The molecule has 3 rings (SSSR count). The number of carbonyl (C=O) groups excluding carboxylic acids is 2. The summed E-state index contributed by atoms with van der Waals surface area (Å²) in [6, 6.07) is 12.8. The topological polar surface area (TPSA) is 49.4 Å². The number of hydrogen-bond acceptors (Lipinski definition) is 2. The Bertz CT molecular complexity index is 758. The zero-order chi connectivity index (χ0) is 15.7. The van der Waals surface area contributed by atoms with Gasteiger partial charge in [0.15, 0.2) is 0 Å². The molecule has 0 atom stereocenters. The second kappa shape index (κ2) is 5.81. The van der Waals surface area contributed by atoms with Crippen LogP contribution in [0.3, 0.4) is 0 Å². The standard InChI is InChI=1S/C17H15ClN2O2/c1-11-14(18)7-4-8-15(11)19-16(21)10-20-9-12-5-2-3-6-13(12)17(20)22/h2-8H,9-10H2,1H3,(H,19,21). The maximum absolute atomic E-state index is 12.2. The molecule has 0 unspecified atom stereocenters. The Morgan fingerprint density at radius 2 is 2.00 bits per heavy atom. The number of fused-ring (bicyclic) bond motifs is 1. The van der Waals surface area contributed by atoms with Crippen molar-refractivity contribution in [3.8, 4) is 0 Å². The number of carbonyl (C=O) groups is 2. The van der Waals surface area contributed by atoms with Crippen LogP contribution in [0.15, 0.2) is 42.5 Å². The normalized spacial score (nSPS) is 13.2. The van der Waals surface area contributed by atoms with Crippen molar-refractivity contribution in [2.75, 3.05) is 11.9 Å². The Hall–Kier alpha value is -2.33. The molecule has 5 heteroatoms. The van der Waals surface area contributed by atoms with E-state index in [0.29, 0.717) is 22.8 Å². The summed E-state index contributed by atoms with van der Waals surface area (Å²) >= 11 is 6.04. The highest BCUT2D eigenvalue weighted by molar-refractivity contribution is 6.31. The van der Waals surface area contributed by atoms with Crippen LogP contribution < -0.4 is 5.32 Å². The number of nitrogens with one attached hydrogen (secondary N) is 1. The van der Waals surface area contributed by atoms with Crippen LogP contribution in [-0.2, 0) is 11.3 Å². The molecule has 1 aliphatic rings. The van der Waals surface area contributed by atoms with Crippen LogP contribution in [0.5, 0.6) is 0 Å². The maximum atomic E-state index is 12.2. The second-order valence-corrected chi connectivity index (χ2v) is 5.69. The van der Waals surface area contributed by atoms with Crippen LogP contribution in [-0.4, -0.2) is 23.3 Å². The Kier molecular flexibility index (Phi) is 3.86. The lowest BCUT2D eigenvalue weighted by atomic mass is 10.1. The van der Waals surface area contributed by atoms with Gasteiger partial charge in [0, 0.05) is 22.8 Å². The van der Waals surface area contributed by atoms with E-state index in [0.717, 1.165) is 11.1 Å². The third kappa shape index (κ3) is 2.70. The Labute approximate surface area is 133 Å². The highest BCUT2D eigenvalue weighted by Gasteiger charge is 2.28. The molecule has 2 aromatic rings. The summed E-state index contributed by atoms with van der Waals surface area (Å²) in [6.45, 7) is 2.34. The van der Waals surface area contributed by atoms with Gasteiger partial charge in [-0.3, -0.25) is 9.59 Å². The average Bonchev–Trinajstić information content (AvgIpc) is 2.81. The minimum atomic E-state index is -0.230. The van der Waals surface area contributed by atoms with Gasteiger partial charge in [-0.2, -0.15) is 0 Å². The number of rotatable bonds is 3. The monoisotopic (exact) mass is 314 g/mol. The molecule has 1 heterocycles. The van der Waals surface area contributed by atoms with Crippen molar-refractivity contribution in [1.82, 2.24) is 4.90 Å². The number of benzene rings is 2. The van der Waals surface area contributed by atoms with E-state index in [4.69, 9.17) is 11.6 Å². The number of anilines is 1. The third-order valence-electron chi connectivity index (χ3n) is 3.77. The number of nitrogens with zero attached hydrogens (tertiary/aromatic N) is 1. The van der Waals surface area contributed by atoms with Gasteiger partial charge in [-0.05, 0) is 36.2 Å². The molecule has 0 fully saturated rings. The van der Waals surface area contributed by atoms with Crippen molar-refractivity contribution >= 4 is 29.1 Å². The van der Waals surface area contributed by atoms with Gasteiger partial charge in [0.25, 0.3) is 5.91 Å². The summed E-state index contributed by atoms with van der Waals surface area (Å²) in [5.74, 6) is -0.333. The van der Waals surface area contributed by atoms with Gasteiger partial charge in [-0.15, -0.1) is 0 Å². The van der Waals surface area contributed by atoms with E-state index >= 15 is 0 Å². The molecule has 1 aliphatic heterocycles. The lowest BCUT2D eigenvalue weighted by Crippen LogP contribution is -2.33. The molecule has 2 aromatic carbocycles. The molecule has 22 heavy (non-hydrogen) atoms. The van der Waals surface area contributed by atoms with E-state index < -0.39 is 0 Å². The van der Waals surface area contributed by atoms with E-state index in [1.54, 1.807) is 29.2 Å². The van der Waals surface area contributed by atoms with Crippen LogP contribution in [0, 0.1) is 6.92 Å². The van der Waals surface area contributed by atoms with E-state index in [-0.39, 0.29) is 18.4 Å². The summed E-state index contributed by atoms with van der Waals surface area (Å²) in [4.78, 5) is 26.0. The first kappa shape index (κ1) is 14.6. The molecule has 1 N–H and O–H groups in total. The van der Waals surface area contributed by atoms with Crippen molar-refractivity contribution in [1.29, 1.82) is 0 Å². The molecule has 0 spiro atoms. The third-order valence-corrected chi connectivity index (χ3v) is 4.18. The molecular formula is C17H15ClN2O2. The van der Waals surface area contributed by atoms with Gasteiger partial charge in [0.1, 0.15) is 6.54 Å². The van der Waals surface area contributed by atoms with E-state index in [2.05, 4.69) is 5.32 Å². The van der Waals surface area contributed by atoms with Crippen LogP contribution in [0.4, 0.5) is 5.69 Å². The minimum absolute atomic E-state index is 0.0272.